The van der Waals surface area contributed by atoms with Gasteiger partial charge in [-0.1, -0.05) is 18.2 Å². The fraction of sp³-hybridized carbons (Fsp3) is 0.440. The smallest absolute Gasteiger partial charge is 0.164 e. The van der Waals surface area contributed by atoms with Gasteiger partial charge in [0.1, 0.15) is 5.75 Å². The van der Waals surface area contributed by atoms with Gasteiger partial charge in [0.25, 0.3) is 0 Å². The third-order valence-electron chi connectivity index (χ3n) is 6.54. The van der Waals surface area contributed by atoms with E-state index in [4.69, 9.17) is 14.2 Å². The van der Waals surface area contributed by atoms with Crippen LogP contribution in [0, 0.1) is 0 Å². The number of aryl methyl sites for hydroxylation is 1. The molecule has 0 aliphatic carbocycles. The molecule has 1 aliphatic heterocycles. The van der Waals surface area contributed by atoms with Crippen molar-refractivity contribution >= 4 is 10.9 Å². The average Bonchev–Trinajstić information content (AvgIpc) is 3.34. The van der Waals surface area contributed by atoms with E-state index < -0.39 is 0 Å². The maximum Gasteiger partial charge on any atom is 0.164 e. The molecule has 0 saturated carbocycles. The van der Waals surface area contributed by atoms with Crippen molar-refractivity contribution in [2.45, 2.75) is 18.5 Å². The Morgan fingerprint density at radius 2 is 1.61 bits per heavy atom. The van der Waals surface area contributed by atoms with Gasteiger partial charge in [0.2, 0.25) is 0 Å². The first-order chi connectivity index (χ1) is 15.0. The van der Waals surface area contributed by atoms with Crippen LogP contribution in [0.5, 0.6) is 17.2 Å². The van der Waals surface area contributed by atoms with E-state index in [0.29, 0.717) is 17.7 Å². The third kappa shape index (κ3) is 3.98. The van der Waals surface area contributed by atoms with E-state index >= 15 is 0 Å². The van der Waals surface area contributed by atoms with Gasteiger partial charge in [-0.3, -0.25) is 4.90 Å². The molecular weight excluding hydrogens is 390 g/mol. The van der Waals surface area contributed by atoms with Gasteiger partial charge in [-0.25, -0.2) is 0 Å². The highest BCUT2D eigenvalue weighted by molar-refractivity contribution is 5.84. The molecule has 2 heterocycles. The van der Waals surface area contributed by atoms with Gasteiger partial charge in [0, 0.05) is 67.4 Å². The van der Waals surface area contributed by atoms with E-state index in [2.05, 4.69) is 66.0 Å². The highest BCUT2D eigenvalue weighted by Gasteiger charge is 2.37. The van der Waals surface area contributed by atoms with Crippen molar-refractivity contribution in [3.63, 3.8) is 0 Å². The Balaban J connectivity index is 1.65. The first-order valence-corrected chi connectivity index (χ1v) is 10.7. The fourth-order valence-corrected chi connectivity index (χ4v) is 4.95. The molecule has 2 aromatic carbocycles. The number of rotatable bonds is 7. The van der Waals surface area contributed by atoms with Crippen molar-refractivity contribution in [2.24, 2.45) is 7.05 Å². The molecule has 3 aromatic rings. The monoisotopic (exact) mass is 423 g/mol. The first kappa shape index (κ1) is 21.5. The van der Waals surface area contributed by atoms with Gasteiger partial charge in [-0.2, -0.15) is 0 Å². The highest BCUT2D eigenvalue weighted by atomic mass is 16.5. The van der Waals surface area contributed by atoms with Crippen molar-refractivity contribution in [1.82, 2.24) is 14.4 Å². The molecule has 166 valence electrons. The highest BCUT2D eigenvalue weighted by Crippen LogP contribution is 2.39. The van der Waals surface area contributed by atoms with Crippen molar-refractivity contribution < 1.29 is 14.2 Å². The molecule has 2 atom stereocenters. The second-order valence-electron chi connectivity index (χ2n) is 8.56. The molecule has 31 heavy (non-hydrogen) atoms. The number of ether oxygens (including phenoxy) is 3. The summed E-state index contributed by atoms with van der Waals surface area (Å²) in [4.78, 5) is 4.87. The molecule has 0 unspecified atom stereocenters. The van der Waals surface area contributed by atoms with Gasteiger partial charge in [0.15, 0.2) is 11.5 Å². The molecule has 1 aliphatic rings. The molecule has 6 heteroatoms. The fourth-order valence-electron chi connectivity index (χ4n) is 4.95. The lowest BCUT2D eigenvalue weighted by molar-refractivity contribution is 0.257. The lowest BCUT2D eigenvalue weighted by Crippen LogP contribution is -2.34. The Hall–Kier alpha value is -2.70. The second kappa shape index (κ2) is 8.81. The minimum absolute atomic E-state index is 0.437. The third-order valence-corrected chi connectivity index (χ3v) is 6.54. The first-order valence-electron chi connectivity index (χ1n) is 10.7. The van der Waals surface area contributed by atoms with Gasteiger partial charge >= 0.3 is 0 Å². The number of likely N-dealkylation sites (N-methyl/N-ethyl adjacent to an activating group) is 1. The lowest BCUT2D eigenvalue weighted by Gasteiger charge is -2.25. The Morgan fingerprint density at radius 1 is 0.935 bits per heavy atom. The number of methoxy groups -OCH3 is 3. The SMILES string of the molecule is COc1cc(OC)c(OC)cc1CN1C[C@@H](N(C)C)[C@H](c2cn(C)c3ccccc23)C1. The zero-order valence-electron chi connectivity index (χ0n) is 19.4. The molecule has 0 bridgehead atoms. The average molecular weight is 424 g/mol. The van der Waals surface area contributed by atoms with Crippen LogP contribution in [0.25, 0.3) is 10.9 Å². The molecule has 0 spiro atoms. The van der Waals surface area contributed by atoms with Crippen LogP contribution in [0.3, 0.4) is 0 Å². The quantitative estimate of drug-likeness (QED) is 0.579. The Kier molecular flexibility index (Phi) is 6.12. The van der Waals surface area contributed by atoms with E-state index in [1.807, 2.05) is 12.1 Å². The molecule has 0 radical (unpaired) electrons. The normalized spacial score (nSPS) is 19.3. The van der Waals surface area contributed by atoms with Crippen molar-refractivity contribution in [1.29, 1.82) is 0 Å². The maximum absolute atomic E-state index is 5.67. The number of hydrogen-bond acceptors (Lipinski definition) is 5. The Labute approximate surface area is 184 Å². The summed E-state index contributed by atoms with van der Waals surface area (Å²) in [6.07, 6.45) is 2.31. The summed E-state index contributed by atoms with van der Waals surface area (Å²) in [5.41, 5.74) is 3.82. The van der Waals surface area contributed by atoms with Crippen LogP contribution < -0.4 is 14.2 Å². The molecule has 1 saturated heterocycles. The van der Waals surface area contributed by atoms with Crippen molar-refractivity contribution in [3.05, 3.63) is 53.7 Å². The van der Waals surface area contributed by atoms with E-state index in [1.165, 1.54) is 16.5 Å². The summed E-state index contributed by atoms with van der Waals surface area (Å²) in [6.45, 7) is 2.79. The topological polar surface area (TPSA) is 39.1 Å². The predicted octanol–water partition coefficient (Wildman–Crippen LogP) is 3.73. The molecule has 0 amide bonds. The maximum atomic E-state index is 5.67. The molecule has 1 aromatic heterocycles. The molecular formula is C25H33N3O3. The number of fused-ring (bicyclic) bond motifs is 1. The van der Waals surface area contributed by atoms with Gasteiger partial charge in [-0.05, 0) is 31.8 Å². The largest absolute Gasteiger partial charge is 0.496 e. The molecule has 1 fully saturated rings. The number of hydrogen-bond donors (Lipinski definition) is 0. The number of likely N-dealkylation sites (tertiary alicyclic amines) is 1. The minimum Gasteiger partial charge on any atom is -0.496 e. The summed E-state index contributed by atoms with van der Waals surface area (Å²) in [5, 5.41) is 1.35. The van der Waals surface area contributed by atoms with E-state index in [-0.39, 0.29) is 0 Å². The van der Waals surface area contributed by atoms with Gasteiger partial charge < -0.3 is 23.7 Å². The van der Waals surface area contributed by atoms with Crippen LogP contribution in [-0.4, -0.2) is 68.9 Å². The van der Waals surface area contributed by atoms with Crippen LogP contribution in [0.15, 0.2) is 42.6 Å². The van der Waals surface area contributed by atoms with Crippen molar-refractivity contribution in [3.8, 4) is 17.2 Å². The predicted molar refractivity (Wildman–Crippen MR) is 125 cm³/mol. The second-order valence-corrected chi connectivity index (χ2v) is 8.56. The van der Waals surface area contributed by atoms with Crippen LogP contribution in [0.2, 0.25) is 0 Å². The van der Waals surface area contributed by atoms with Gasteiger partial charge in [-0.15, -0.1) is 0 Å². The standard InChI is InChI=1S/C25H33N3O3/c1-26(2)22-16-28(13-17-11-24(30-5)25(31-6)12-23(17)29-4)15-20(22)19-14-27(3)21-10-8-7-9-18(19)21/h7-12,14,20,22H,13,15-16H2,1-6H3/t20-,22+/m0/s1. The molecule has 0 N–H and O–H groups in total. The summed E-state index contributed by atoms with van der Waals surface area (Å²) >= 11 is 0. The summed E-state index contributed by atoms with van der Waals surface area (Å²) in [6, 6.07) is 13.1. The van der Waals surface area contributed by atoms with E-state index in [1.54, 1.807) is 21.3 Å². The number of aromatic nitrogens is 1. The van der Waals surface area contributed by atoms with Crippen LogP contribution in [0.4, 0.5) is 0 Å². The Morgan fingerprint density at radius 3 is 2.29 bits per heavy atom. The van der Waals surface area contributed by atoms with Crippen LogP contribution >= 0.6 is 0 Å². The Bertz CT molecular complexity index is 1060. The number of nitrogens with zero attached hydrogens (tertiary/aromatic N) is 3. The van der Waals surface area contributed by atoms with E-state index in [0.717, 1.165) is 36.7 Å². The van der Waals surface area contributed by atoms with Gasteiger partial charge in [0.05, 0.1) is 21.3 Å². The zero-order valence-corrected chi connectivity index (χ0v) is 19.4. The number of benzene rings is 2. The minimum atomic E-state index is 0.437. The van der Waals surface area contributed by atoms with Crippen LogP contribution in [-0.2, 0) is 13.6 Å². The number of para-hydroxylation sites is 1. The zero-order chi connectivity index (χ0) is 22.1. The van der Waals surface area contributed by atoms with Crippen molar-refractivity contribution in [2.75, 3.05) is 48.5 Å². The summed E-state index contributed by atoms with van der Waals surface area (Å²) < 4.78 is 18.9. The van der Waals surface area contributed by atoms with Crippen LogP contribution in [0.1, 0.15) is 17.0 Å². The van der Waals surface area contributed by atoms with E-state index in [9.17, 15) is 0 Å². The molecule has 6 nitrogen and oxygen atoms in total. The lowest BCUT2D eigenvalue weighted by atomic mass is 9.93. The molecule has 4 rings (SSSR count). The summed E-state index contributed by atoms with van der Waals surface area (Å²) in [5.74, 6) is 2.68. The summed E-state index contributed by atoms with van der Waals surface area (Å²) in [7, 11) is 11.5.